The van der Waals surface area contributed by atoms with E-state index in [2.05, 4.69) is 15.5 Å². The number of aromatic nitrogens is 1. The lowest BCUT2D eigenvalue weighted by Gasteiger charge is -2.03. The topological polar surface area (TPSA) is 138 Å². The number of aromatic amines is 1. The van der Waals surface area contributed by atoms with Crippen molar-refractivity contribution in [2.24, 2.45) is 10.8 Å². The third-order valence-electron chi connectivity index (χ3n) is 3.31. The largest absolute Gasteiger partial charge is 0.382 e. The third-order valence-corrected chi connectivity index (χ3v) is 3.55. The molecule has 2 aromatic carbocycles. The number of rotatable bonds is 3. The highest BCUT2D eigenvalue weighted by Gasteiger charge is 2.11. The van der Waals surface area contributed by atoms with Crippen LogP contribution in [0.25, 0.3) is 10.9 Å². The molecule has 0 aliphatic rings. The Hall–Kier alpha value is -3.02. The SMILES string of the molecule is CS(=O)(=O)O.N/C(=N/NC(=O)c1cc2cc(Cl)ccc2[nH]1)c1ccc(F)cc1F. The Morgan fingerprint density at radius 2 is 1.86 bits per heavy atom. The number of H-pyrrole nitrogens is 1. The molecule has 0 bridgehead atoms. The van der Waals surface area contributed by atoms with E-state index in [0.717, 1.165) is 23.0 Å². The van der Waals surface area contributed by atoms with E-state index < -0.39 is 27.7 Å². The zero-order valence-corrected chi connectivity index (χ0v) is 16.4. The van der Waals surface area contributed by atoms with Gasteiger partial charge in [0, 0.05) is 22.0 Å². The number of amides is 1. The van der Waals surface area contributed by atoms with Gasteiger partial charge >= 0.3 is 0 Å². The van der Waals surface area contributed by atoms with Crippen LogP contribution in [0.2, 0.25) is 5.02 Å². The molecule has 5 N–H and O–H groups in total. The summed E-state index contributed by atoms with van der Waals surface area (Å²) in [6.45, 7) is 0. The highest BCUT2D eigenvalue weighted by Crippen LogP contribution is 2.20. The molecule has 0 atom stereocenters. The first-order valence-electron chi connectivity index (χ1n) is 7.73. The smallest absolute Gasteiger partial charge is 0.287 e. The van der Waals surface area contributed by atoms with E-state index in [1.165, 1.54) is 0 Å². The molecule has 8 nitrogen and oxygen atoms in total. The van der Waals surface area contributed by atoms with Crippen LogP contribution in [0.1, 0.15) is 16.1 Å². The van der Waals surface area contributed by atoms with Crippen LogP contribution in [0.4, 0.5) is 8.78 Å². The van der Waals surface area contributed by atoms with E-state index >= 15 is 0 Å². The van der Waals surface area contributed by atoms with E-state index in [4.69, 9.17) is 21.9 Å². The summed E-state index contributed by atoms with van der Waals surface area (Å²) in [7, 11) is -3.67. The van der Waals surface area contributed by atoms with Crippen molar-refractivity contribution >= 4 is 44.4 Å². The van der Waals surface area contributed by atoms with Gasteiger partial charge in [0.1, 0.15) is 17.3 Å². The summed E-state index contributed by atoms with van der Waals surface area (Å²) in [5.74, 6) is -2.44. The number of nitrogens with two attached hydrogens (primary N) is 1. The quantitative estimate of drug-likeness (QED) is 0.213. The van der Waals surface area contributed by atoms with Crippen molar-refractivity contribution in [1.82, 2.24) is 10.4 Å². The molecule has 3 aromatic rings. The van der Waals surface area contributed by atoms with Crippen LogP contribution in [0, 0.1) is 11.6 Å². The maximum Gasteiger partial charge on any atom is 0.287 e. The highest BCUT2D eigenvalue weighted by molar-refractivity contribution is 7.85. The first kappa shape index (κ1) is 22.3. The second kappa shape index (κ2) is 8.99. The third kappa shape index (κ3) is 6.82. The molecule has 0 fully saturated rings. The van der Waals surface area contributed by atoms with Crippen molar-refractivity contribution in [1.29, 1.82) is 0 Å². The van der Waals surface area contributed by atoms with Crippen LogP contribution in [-0.4, -0.2) is 36.0 Å². The molecule has 0 aliphatic carbocycles. The molecule has 0 spiro atoms. The van der Waals surface area contributed by atoms with Gasteiger partial charge in [-0.25, -0.2) is 14.2 Å². The number of carbonyl (C=O) groups is 1. The van der Waals surface area contributed by atoms with Gasteiger partial charge in [0.25, 0.3) is 16.0 Å². The lowest BCUT2D eigenvalue weighted by molar-refractivity contribution is 0.0950. The Balaban J connectivity index is 0.000000537. The van der Waals surface area contributed by atoms with Gasteiger partial charge in [0.15, 0.2) is 5.84 Å². The fourth-order valence-corrected chi connectivity index (χ4v) is 2.34. The minimum absolute atomic E-state index is 0.111. The minimum Gasteiger partial charge on any atom is -0.382 e. The minimum atomic E-state index is -3.67. The maximum absolute atomic E-state index is 13.6. The number of carbonyl (C=O) groups excluding carboxylic acids is 1. The van der Waals surface area contributed by atoms with Crippen molar-refractivity contribution in [3.8, 4) is 0 Å². The molecule has 29 heavy (non-hydrogen) atoms. The van der Waals surface area contributed by atoms with Gasteiger partial charge in [-0.2, -0.15) is 13.5 Å². The van der Waals surface area contributed by atoms with Crippen LogP contribution >= 0.6 is 11.6 Å². The first-order chi connectivity index (χ1) is 13.4. The van der Waals surface area contributed by atoms with E-state index in [1.54, 1.807) is 24.3 Å². The normalized spacial score (nSPS) is 11.7. The zero-order chi connectivity index (χ0) is 21.8. The molecule has 0 saturated carbocycles. The van der Waals surface area contributed by atoms with E-state index in [0.29, 0.717) is 17.3 Å². The molecule has 1 amide bonds. The van der Waals surface area contributed by atoms with Gasteiger partial charge in [-0.1, -0.05) is 11.6 Å². The Bertz CT molecular complexity index is 1190. The molecule has 0 radical (unpaired) electrons. The number of nitrogens with one attached hydrogen (secondary N) is 2. The Labute approximate surface area is 169 Å². The standard InChI is InChI=1S/C16H11ClF2N4O.CH4O3S/c17-9-1-4-13-8(5-9)6-14(21-13)16(24)23-22-15(20)11-3-2-10(18)7-12(11)19;1-5(2,3)4/h1-7,21H,(H2,20,22)(H,23,24);1H3,(H,2,3,4). The number of halogens is 3. The number of hydrogen-bond donors (Lipinski definition) is 4. The van der Waals surface area contributed by atoms with Gasteiger partial charge in [-0.3, -0.25) is 9.35 Å². The van der Waals surface area contributed by atoms with E-state index in [9.17, 15) is 22.0 Å². The van der Waals surface area contributed by atoms with Crippen molar-refractivity contribution in [3.05, 3.63) is 70.4 Å². The lowest BCUT2D eigenvalue weighted by Crippen LogP contribution is -2.24. The number of hydrogen-bond acceptors (Lipinski definition) is 4. The molecule has 0 aliphatic heterocycles. The fourth-order valence-electron chi connectivity index (χ4n) is 2.15. The molecule has 154 valence electrons. The summed E-state index contributed by atoms with van der Waals surface area (Å²) >= 11 is 5.89. The van der Waals surface area contributed by atoms with Gasteiger partial charge < -0.3 is 10.7 Å². The van der Waals surface area contributed by atoms with Gasteiger partial charge in [0.2, 0.25) is 0 Å². The van der Waals surface area contributed by atoms with Crippen LogP contribution in [0.15, 0.2) is 47.6 Å². The Morgan fingerprint density at radius 1 is 1.21 bits per heavy atom. The number of amidine groups is 1. The average molecular weight is 445 g/mol. The van der Waals surface area contributed by atoms with Gasteiger partial charge in [-0.05, 0) is 36.4 Å². The molecule has 1 heterocycles. The Morgan fingerprint density at radius 3 is 2.48 bits per heavy atom. The summed E-state index contributed by atoms with van der Waals surface area (Å²) in [6, 6.07) is 9.59. The second-order valence-electron chi connectivity index (χ2n) is 5.71. The fraction of sp³-hybridized carbons (Fsp3) is 0.0588. The predicted octanol–water partition coefficient (Wildman–Crippen LogP) is 2.65. The molecule has 1 aromatic heterocycles. The Kier molecular flexibility index (Phi) is 6.90. The van der Waals surface area contributed by atoms with Crippen LogP contribution < -0.4 is 11.2 Å². The number of fused-ring (bicyclic) bond motifs is 1. The van der Waals surface area contributed by atoms with Crippen molar-refractivity contribution < 1.29 is 26.5 Å². The first-order valence-corrected chi connectivity index (χ1v) is 9.96. The molecular formula is C17H15ClF2N4O4S. The summed E-state index contributed by atoms with van der Waals surface area (Å²) in [5.41, 5.74) is 8.68. The predicted molar refractivity (Wildman–Crippen MR) is 105 cm³/mol. The van der Waals surface area contributed by atoms with Crippen molar-refractivity contribution in [2.45, 2.75) is 0 Å². The number of nitrogens with zero attached hydrogens (tertiary/aromatic N) is 1. The lowest BCUT2D eigenvalue weighted by atomic mass is 10.2. The number of benzene rings is 2. The van der Waals surface area contributed by atoms with Gasteiger partial charge in [-0.15, -0.1) is 0 Å². The monoisotopic (exact) mass is 444 g/mol. The van der Waals surface area contributed by atoms with Crippen LogP contribution in [-0.2, 0) is 10.1 Å². The second-order valence-corrected chi connectivity index (χ2v) is 7.61. The van der Waals surface area contributed by atoms with Crippen molar-refractivity contribution in [3.63, 3.8) is 0 Å². The molecule has 12 heteroatoms. The summed E-state index contributed by atoms with van der Waals surface area (Å²) in [5, 5.41) is 4.94. The molecular weight excluding hydrogens is 430 g/mol. The highest BCUT2D eigenvalue weighted by atomic mass is 35.5. The number of hydrazone groups is 1. The van der Waals surface area contributed by atoms with Crippen LogP contribution in [0.5, 0.6) is 0 Å². The zero-order valence-electron chi connectivity index (χ0n) is 14.8. The summed E-state index contributed by atoms with van der Waals surface area (Å²) in [4.78, 5) is 15.0. The summed E-state index contributed by atoms with van der Waals surface area (Å²) in [6.07, 6.45) is 0.715. The maximum atomic E-state index is 13.6. The van der Waals surface area contributed by atoms with Crippen molar-refractivity contribution in [2.75, 3.05) is 6.26 Å². The van der Waals surface area contributed by atoms with Crippen LogP contribution in [0.3, 0.4) is 0 Å². The molecule has 3 rings (SSSR count). The summed E-state index contributed by atoms with van der Waals surface area (Å²) < 4.78 is 52.3. The average Bonchev–Trinajstić information content (AvgIpc) is 3.01. The molecule has 0 unspecified atom stereocenters. The van der Waals surface area contributed by atoms with E-state index in [-0.39, 0.29) is 17.1 Å². The van der Waals surface area contributed by atoms with Gasteiger partial charge in [0.05, 0.1) is 11.8 Å². The van der Waals surface area contributed by atoms with E-state index in [1.807, 2.05) is 0 Å². The molecule has 0 saturated heterocycles.